The van der Waals surface area contributed by atoms with Crippen molar-refractivity contribution in [2.45, 2.75) is 40.2 Å². The van der Waals surface area contributed by atoms with Gasteiger partial charge in [0.2, 0.25) is 11.7 Å². The van der Waals surface area contributed by atoms with E-state index in [0.717, 1.165) is 4.57 Å². The van der Waals surface area contributed by atoms with Gasteiger partial charge < -0.3 is 9.84 Å². The number of ether oxygens (including phenoxy) is 1. The summed E-state index contributed by atoms with van der Waals surface area (Å²) in [7, 11) is 0. The Kier molecular flexibility index (Phi) is 5.83. The highest BCUT2D eigenvalue weighted by Gasteiger charge is 2.27. The SMILES string of the molecule is CCOc1ccccc1C(=O)c1c(C)c(C#N)c(=O)n(C(C)CC)c1O. The van der Waals surface area contributed by atoms with Gasteiger partial charge >= 0.3 is 0 Å². The van der Waals surface area contributed by atoms with E-state index >= 15 is 0 Å². The number of nitrogens with zero attached hydrogens (tertiary/aromatic N) is 2. The van der Waals surface area contributed by atoms with Crippen LogP contribution in [-0.4, -0.2) is 22.1 Å². The van der Waals surface area contributed by atoms with Crippen molar-refractivity contribution in [2.24, 2.45) is 0 Å². The van der Waals surface area contributed by atoms with Crippen LogP contribution in [0.3, 0.4) is 0 Å². The number of rotatable bonds is 6. The summed E-state index contributed by atoms with van der Waals surface area (Å²) in [6.07, 6.45) is 0.560. The Balaban J connectivity index is 2.80. The van der Waals surface area contributed by atoms with Crippen LogP contribution in [0.4, 0.5) is 0 Å². The lowest BCUT2D eigenvalue weighted by Gasteiger charge is -2.20. The molecule has 2 rings (SSSR count). The number of benzene rings is 1. The normalized spacial score (nSPS) is 11.7. The third kappa shape index (κ3) is 3.21. The second-order valence-corrected chi connectivity index (χ2v) is 6.00. The topological polar surface area (TPSA) is 92.3 Å². The molecule has 0 aliphatic rings. The number of carbonyl (C=O) groups excluding carboxylic acids is 1. The van der Waals surface area contributed by atoms with Crippen LogP contribution in [0.5, 0.6) is 11.6 Å². The van der Waals surface area contributed by atoms with Crippen LogP contribution in [0.1, 0.15) is 60.3 Å². The first-order valence-electron chi connectivity index (χ1n) is 8.53. The lowest BCUT2D eigenvalue weighted by Crippen LogP contribution is -2.28. The van der Waals surface area contributed by atoms with Crippen molar-refractivity contribution >= 4 is 5.78 Å². The van der Waals surface area contributed by atoms with Crippen LogP contribution in [0, 0.1) is 18.3 Å². The fourth-order valence-electron chi connectivity index (χ4n) is 2.86. The van der Waals surface area contributed by atoms with Gasteiger partial charge in [-0.25, -0.2) is 0 Å². The highest BCUT2D eigenvalue weighted by molar-refractivity contribution is 6.13. The highest BCUT2D eigenvalue weighted by Crippen LogP contribution is 2.30. The van der Waals surface area contributed by atoms with Crippen molar-refractivity contribution in [2.75, 3.05) is 6.61 Å². The van der Waals surface area contributed by atoms with Crippen molar-refractivity contribution < 1.29 is 14.6 Å². The van der Waals surface area contributed by atoms with E-state index in [-0.39, 0.29) is 28.3 Å². The minimum atomic E-state index is -0.591. The molecule has 6 nitrogen and oxygen atoms in total. The molecule has 6 heteroatoms. The number of aromatic nitrogens is 1. The van der Waals surface area contributed by atoms with Gasteiger partial charge in [-0.3, -0.25) is 14.2 Å². The smallest absolute Gasteiger partial charge is 0.271 e. The third-order valence-corrected chi connectivity index (χ3v) is 4.44. The van der Waals surface area contributed by atoms with E-state index in [2.05, 4.69) is 0 Å². The zero-order valence-corrected chi connectivity index (χ0v) is 15.4. The largest absolute Gasteiger partial charge is 0.494 e. The number of aromatic hydroxyl groups is 1. The molecule has 0 saturated heterocycles. The van der Waals surface area contributed by atoms with E-state index in [1.807, 2.05) is 13.0 Å². The van der Waals surface area contributed by atoms with E-state index < -0.39 is 17.2 Å². The Bertz CT molecular complexity index is 938. The summed E-state index contributed by atoms with van der Waals surface area (Å²) in [6, 6.07) is 8.21. The van der Waals surface area contributed by atoms with Gasteiger partial charge in [0.15, 0.2) is 0 Å². The van der Waals surface area contributed by atoms with E-state index in [4.69, 9.17) is 4.74 Å². The van der Waals surface area contributed by atoms with E-state index in [1.165, 1.54) is 6.92 Å². The molecule has 1 N–H and O–H groups in total. The number of ketones is 1. The molecule has 26 heavy (non-hydrogen) atoms. The Morgan fingerprint density at radius 2 is 2.00 bits per heavy atom. The molecule has 0 bridgehead atoms. The molecular weight excluding hydrogens is 332 g/mol. The summed E-state index contributed by atoms with van der Waals surface area (Å²) in [5, 5.41) is 20.1. The second-order valence-electron chi connectivity index (χ2n) is 6.00. The maximum absolute atomic E-state index is 13.2. The average molecular weight is 354 g/mol. The molecule has 1 unspecified atom stereocenters. The molecule has 1 heterocycles. The van der Waals surface area contributed by atoms with Gasteiger partial charge in [0, 0.05) is 6.04 Å². The molecule has 0 fully saturated rings. The van der Waals surface area contributed by atoms with Gasteiger partial charge in [-0.2, -0.15) is 5.26 Å². The Labute approximate surface area is 152 Å². The number of nitriles is 1. The van der Waals surface area contributed by atoms with Gasteiger partial charge in [-0.15, -0.1) is 0 Å². The summed E-state index contributed by atoms with van der Waals surface area (Å²) in [6.45, 7) is 7.29. The molecule has 0 spiro atoms. The fraction of sp³-hybridized carbons (Fsp3) is 0.350. The Morgan fingerprint density at radius 3 is 2.58 bits per heavy atom. The van der Waals surface area contributed by atoms with Crippen molar-refractivity contribution in [3.63, 3.8) is 0 Å². The van der Waals surface area contributed by atoms with Crippen LogP contribution >= 0.6 is 0 Å². The lowest BCUT2D eigenvalue weighted by atomic mass is 9.96. The Morgan fingerprint density at radius 1 is 1.35 bits per heavy atom. The number of carbonyl (C=O) groups is 1. The molecule has 1 aromatic heterocycles. The van der Waals surface area contributed by atoms with Gasteiger partial charge in [0.25, 0.3) is 5.56 Å². The van der Waals surface area contributed by atoms with Crippen molar-refractivity contribution in [1.82, 2.24) is 4.57 Å². The quantitative estimate of drug-likeness (QED) is 0.803. The van der Waals surface area contributed by atoms with Crippen molar-refractivity contribution in [1.29, 1.82) is 5.26 Å². The monoisotopic (exact) mass is 354 g/mol. The zero-order chi connectivity index (χ0) is 19.4. The van der Waals surface area contributed by atoms with Crippen molar-refractivity contribution in [3.8, 4) is 17.7 Å². The number of pyridine rings is 1. The molecule has 0 saturated carbocycles. The zero-order valence-electron chi connectivity index (χ0n) is 15.4. The molecule has 0 amide bonds. The van der Waals surface area contributed by atoms with Crippen molar-refractivity contribution in [3.05, 3.63) is 56.9 Å². The molecule has 0 radical (unpaired) electrons. The van der Waals surface area contributed by atoms with Gasteiger partial charge in [-0.1, -0.05) is 19.1 Å². The first kappa shape index (κ1) is 19.3. The van der Waals surface area contributed by atoms with Gasteiger partial charge in [-0.05, 0) is 44.9 Å². The van der Waals surface area contributed by atoms with Gasteiger partial charge in [0.05, 0.1) is 17.7 Å². The molecule has 0 aliphatic heterocycles. The summed E-state index contributed by atoms with van der Waals surface area (Å²) in [5.41, 5.74) is -0.336. The van der Waals surface area contributed by atoms with Gasteiger partial charge in [0.1, 0.15) is 17.4 Å². The van der Waals surface area contributed by atoms with E-state index in [1.54, 1.807) is 38.1 Å². The first-order valence-corrected chi connectivity index (χ1v) is 8.53. The summed E-state index contributed by atoms with van der Waals surface area (Å²) < 4.78 is 6.62. The fourth-order valence-corrected chi connectivity index (χ4v) is 2.86. The predicted octanol–water partition coefficient (Wildman–Crippen LogP) is 3.33. The second kappa shape index (κ2) is 7.87. The van der Waals surface area contributed by atoms with Crippen LogP contribution in [0.2, 0.25) is 0 Å². The summed E-state index contributed by atoms with van der Waals surface area (Å²) in [5.74, 6) is -0.520. The number of para-hydroxylation sites is 1. The minimum absolute atomic E-state index is 0.0476. The Hall–Kier alpha value is -3.07. The maximum atomic E-state index is 13.2. The maximum Gasteiger partial charge on any atom is 0.271 e. The van der Waals surface area contributed by atoms with Crippen LogP contribution in [-0.2, 0) is 0 Å². The van der Waals surface area contributed by atoms with E-state index in [9.17, 15) is 20.0 Å². The predicted molar refractivity (Wildman–Crippen MR) is 97.9 cm³/mol. The first-order chi connectivity index (χ1) is 12.4. The molecule has 1 aromatic carbocycles. The molecular formula is C20H22N2O4. The van der Waals surface area contributed by atoms with Crippen LogP contribution in [0.15, 0.2) is 29.1 Å². The van der Waals surface area contributed by atoms with Crippen LogP contribution in [0.25, 0.3) is 0 Å². The minimum Gasteiger partial charge on any atom is -0.494 e. The standard InChI is InChI=1S/C20H22N2O4/c1-5-12(3)22-19(24)15(11-21)13(4)17(20(22)25)18(23)14-9-7-8-10-16(14)26-6-2/h7-10,12,25H,5-6H2,1-4H3. The summed E-state index contributed by atoms with van der Waals surface area (Å²) in [4.78, 5) is 25.7. The molecule has 2 aromatic rings. The average Bonchev–Trinajstić information content (AvgIpc) is 2.62. The highest BCUT2D eigenvalue weighted by atomic mass is 16.5. The van der Waals surface area contributed by atoms with Crippen LogP contribution < -0.4 is 10.3 Å². The number of hydrogen-bond donors (Lipinski definition) is 1. The van der Waals surface area contributed by atoms with E-state index in [0.29, 0.717) is 18.8 Å². The third-order valence-electron chi connectivity index (χ3n) is 4.44. The number of hydrogen-bond acceptors (Lipinski definition) is 5. The molecule has 1 atom stereocenters. The molecule has 0 aliphatic carbocycles. The lowest BCUT2D eigenvalue weighted by molar-refractivity contribution is 0.103. The molecule has 136 valence electrons. The summed E-state index contributed by atoms with van der Waals surface area (Å²) >= 11 is 0.